The minimum atomic E-state index is -0.377. The molecule has 0 amide bonds. The van der Waals surface area contributed by atoms with Crippen LogP contribution in [0.4, 0.5) is 0 Å². The largest absolute Gasteiger partial charge is 0.373 e. The van der Waals surface area contributed by atoms with E-state index < -0.39 is 0 Å². The van der Waals surface area contributed by atoms with Crippen molar-refractivity contribution < 1.29 is 4.74 Å². The molecule has 0 aliphatic carbocycles. The average molecular weight is 212 g/mol. The minimum Gasteiger partial charge on any atom is -0.373 e. The van der Waals surface area contributed by atoms with Crippen LogP contribution in [0.3, 0.4) is 0 Å². The Balaban J connectivity index is 2.32. The third kappa shape index (κ3) is 1.47. The first-order valence-corrected chi connectivity index (χ1v) is 5.77. The molecule has 2 heterocycles. The van der Waals surface area contributed by atoms with Crippen LogP contribution in [0.15, 0.2) is 5.38 Å². The van der Waals surface area contributed by atoms with Crippen molar-refractivity contribution in [3.8, 4) is 0 Å². The van der Waals surface area contributed by atoms with Gasteiger partial charge in [-0.15, -0.1) is 11.3 Å². The molecular formula is C10H16N2OS. The van der Waals surface area contributed by atoms with E-state index in [2.05, 4.69) is 11.9 Å². The fourth-order valence-corrected chi connectivity index (χ4v) is 2.99. The molecule has 2 rings (SSSR count). The van der Waals surface area contributed by atoms with E-state index in [1.807, 2.05) is 19.2 Å². The molecule has 0 saturated carbocycles. The number of rotatable bonds is 1. The third-order valence-corrected chi connectivity index (χ3v) is 3.96. The van der Waals surface area contributed by atoms with Gasteiger partial charge in [-0.3, -0.25) is 0 Å². The molecule has 4 heteroatoms. The molecule has 1 aromatic heterocycles. The summed E-state index contributed by atoms with van der Waals surface area (Å²) < 4.78 is 5.68. The summed E-state index contributed by atoms with van der Waals surface area (Å²) >= 11 is 1.64. The van der Waals surface area contributed by atoms with E-state index in [1.165, 1.54) is 0 Å². The number of hydrogen-bond acceptors (Lipinski definition) is 4. The van der Waals surface area contributed by atoms with E-state index in [0.29, 0.717) is 0 Å². The first-order valence-electron chi connectivity index (χ1n) is 4.89. The number of hydrogen-bond donors (Lipinski definition) is 1. The Morgan fingerprint density at radius 2 is 2.36 bits per heavy atom. The predicted molar refractivity (Wildman–Crippen MR) is 57.3 cm³/mol. The van der Waals surface area contributed by atoms with E-state index in [9.17, 15) is 0 Å². The van der Waals surface area contributed by atoms with E-state index in [1.54, 1.807) is 11.3 Å². The van der Waals surface area contributed by atoms with Gasteiger partial charge in [0.05, 0.1) is 17.7 Å². The zero-order valence-corrected chi connectivity index (χ0v) is 9.60. The van der Waals surface area contributed by atoms with Gasteiger partial charge in [0.15, 0.2) is 0 Å². The first-order chi connectivity index (χ1) is 6.52. The smallest absolute Gasteiger partial charge is 0.116 e. The standard InChI is InChI=1S/C10H16N2OS/c1-6-5-14-9(12-6)10(11)4-7(2)13-8(10)3/h5,7-8H,4,11H2,1-3H3. The Bertz CT molecular complexity index is 339. The molecule has 1 saturated heterocycles. The first kappa shape index (κ1) is 10.1. The number of aromatic nitrogens is 1. The number of nitrogens with zero attached hydrogens (tertiary/aromatic N) is 1. The van der Waals surface area contributed by atoms with Gasteiger partial charge in [0, 0.05) is 17.5 Å². The van der Waals surface area contributed by atoms with Crippen molar-refractivity contribution in [1.82, 2.24) is 4.98 Å². The highest BCUT2D eigenvalue weighted by atomic mass is 32.1. The van der Waals surface area contributed by atoms with E-state index in [-0.39, 0.29) is 17.7 Å². The Hall–Kier alpha value is -0.450. The van der Waals surface area contributed by atoms with Gasteiger partial charge in [-0.25, -0.2) is 4.98 Å². The Labute approximate surface area is 88.3 Å². The van der Waals surface area contributed by atoms with Crippen LogP contribution in [0.25, 0.3) is 0 Å². The minimum absolute atomic E-state index is 0.0584. The summed E-state index contributed by atoms with van der Waals surface area (Å²) in [5.74, 6) is 0. The maximum absolute atomic E-state index is 6.35. The predicted octanol–water partition coefficient (Wildman–Crippen LogP) is 1.80. The monoisotopic (exact) mass is 212 g/mol. The number of ether oxygens (including phenoxy) is 1. The Kier molecular flexibility index (Phi) is 2.37. The van der Waals surface area contributed by atoms with Crippen LogP contribution >= 0.6 is 11.3 Å². The molecule has 1 aromatic rings. The number of aryl methyl sites for hydroxylation is 1. The van der Waals surface area contributed by atoms with Gasteiger partial charge in [-0.05, 0) is 20.8 Å². The maximum atomic E-state index is 6.35. The highest BCUT2D eigenvalue weighted by molar-refractivity contribution is 7.09. The zero-order valence-electron chi connectivity index (χ0n) is 8.78. The molecule has 3 atom stereocenters. The van der Waals surface area contributed by atoms with Crippen LogP contribution < -0.4 is 5.73 Å². The summed E-state index contributed by atoms with van der Waals surface area (Å²) in [5, 5.41) is 3.05. The second-order valence-electron chi connectivity index (χ2n) is 4.13. The fraction of sp³-hybridized carbons (Fsp3) is 0.700. The summed E-state index contributed by atoms with van der Waals surface area (Å²) in [5.41, 5.74) is 7.02. The van der Waals surface area contributed by atoms with Gasteiger partial charge < -0.3 is 10.5 Å². The van der Waals surface area contributed by atoms with Crippen LogP contribution in [0.5, 0.6) is 0 Å². The molecule has 0 spiro atoms. The van der Waals surface area contributed by atoms with Gasteiger partial charge in [0.1, 0.15) is 5.01 Å². The topological polar surface area (TPSA) is 48.1 Å². The molecule has 1 fully saturated rings. The lowest BCUT2D eigenvalue weighted by atomic mass is 9.92. The SMILES string of the molecule is Cc1csc(C2(N)CC(C)OC2C)n1. The van der Waals surface area contributed by atoms with Crippen LogP contribution in [0.2, 0.25) is 0 Å². The van der Waals surface area contributed by atoms with Crippen LogP contribution in [-0.2, 0) is 10.3 Å². The molecule has 3 nitrogen and oxygen atoms in total. The van der Waals surface area contributed by atoms with Crippen LogP contribution in [-0.4, -0.2) is 17.2 Å². The lowest BCUT2D eigenvalue weighted by Gasteiger charge is -2.24. The van der Waals surface area contributed by atoms with Crippen molar-refractivity contribution in [1.29, 1.82) is 0 Å². The van der Waals surface area contributed by atoms with Gasteiger partial charge in [0.2, 0.25) is 0 Å². The summed E-state index contributed by atoms with van der Waals surface area (Å²) in [7, 11) is 0. The van der Waals surface area contributed by atoms with Crippen molar-refractivity contribution >= 4 is 11.3 Å². The molecule has 14 heavy (non-hydrogen) atoms. The highest BCUT2D eigenvalue weighted by Crippen LogP contribution is 2.38. The lowest BCUT2D eigenvalue weighted by Crippen LogP contribution is -2.42. The maximum Gasteiger partial charge on any atom is 0.116 e. The second-order valence-corrected chi connectivity index (χ2v) is 4.99. The van der Waals surface area contributed by atoms with Crippen molar-refractivity contribution in [3.63, 3.8) is 0 Å². The summed E-state index contributed by atoms with van der Waals surface area (Å²) in [4.78, 5) is 4.46. The molecular weight excluding hydrogens is 196 g/mol. The van der Waals surface area contributed by atoms with Gasteiger partial charge in [0.25, 0.3) is 0 Å². The summed E-state index contributed by atoms with van der Waals surface area (Å²) in [6.07, 6.45) is 1.16. The lowest BCUT2D eigenvalue weighted by molar-refractivity contribution is 0.0499. The van der Waals surface area contributed by atoms with Gasteiger partial charge in [-0.1, -0.05) is 0 Å². The molecule has 3 unspecified atom stereocenters. The van der Waals surface area contributed by atoms with Crippen molar-refractivity contribution in [3.05, 3.63) is 16.1 Å². The Morgan fingerprint density at radius 3 is 2.79 bits per heavy atom. The fourth-order valence-electron chi connectivity index (χ4n) is 1.99. The molecule has 2 N–H and O–H groups in total. The Morgan fingerprint density at radius 1 is 1.64 bits per heavy atom. The van der Waals surface area contributed by atoms with Crippen LogP contribution in [0.1, 0.15) is 31.0 Å². The molecule has 1 aliphatic heterocycles. The van der Waals surface area contributed by atoms with Crippen molar-refractivity contribution in [2.45, 2.75) is 44.9 Å². The average Bonchev–Trinajstić information content (AvgIpc) is 2.59. The second kappa shape index (κ2) is 3.29. The van der Waals surface area contributed by atoms with Crippen LogP contribution in [0, 0.1) is 6.92 Å². The van der Waals surface area contributed by atoms with E-state index in [0.717, 1.165) is 17.1 Å². The van der Waals surface area contributed by atoms with E-state index >= 15 is 0 Å². The third-order valence-electron chi connectivity index (χ3n) is 2.80. The van der Waals surface area contributed by atoms with Gasteiger partial charge >= 0.3 is 0 Å². The molecule has 0 aromatic carbocycles. The number of thiazole rings is 1. The van der Waals surface area contributed by atoms with E-state index in [4.69, 9.17) is 10.5 Å². The van der Waals surface area contributed by atoms with Crippen molar-refractivity contribution in [2.75, 3.05) is 0 Å². The molecule has 0 bridgehead atoms. The quantitative estimate of drug-likeness (QED) is 0.772. The molecule has 78 valence electrons. The van der Waals surface area contributed by atoms with Gasteiger partial charge in [-0.2, -0.15) is 0 Å². The number of nitrogens with two attached hydrogens (primary N) is 1. The normalized spacial score (nSPS) is 37.7. The zero-order chi connectivity index (χ0) is 10.3. The summed E-state index contributed by atoms with van der Waals surface area (Å²) in [6.45, 7) is 6.08. The molecule has 0 radical (unpaired) electrons. The van der Waals surface area contributed by atoms with Crippen molar-refractivity contribution in [2.24, 2.45) is 5.73 Å². The molecule has 1 aliphatic rings. The summed E-state index contributed by atoms with van der Waals surface area (Å²) in [6, 6.07) is 0. The highest BCUT2D eigenvalue weighted by Gasteiger charge is 2.44.